The molecule has 0 radical (unpaired) electrons. The van der Waals surface area contributed by atoms with Crippen LogP contribution in [0.2, 0.25) is 0 Å². The molecule has 4 heteroatoms. The van der Waals surface area contributed by atoms with E-state index >= 15 is 0 Å². The third-order valence-corrected chi connectivity index (χ3v) is 8.11. The van der Waals surface area contributed by atoms with Crippen LogP contribution in [0.5, 0.6) is 0 Å². The molecule has 0 amide bonds. The smallest absolute Gasteiger partial charge is 0.234 e. The Kier molecular flexibility index (Phi) is 6.43. The zero-order valence-electron chi connectivity index (χ0n) is 24.0. The fourth-order valence-corrected chi connectivity index (χ4v) is 5.99. The lowest BCUT2D eigenvalue weighted by molar-refractivity contribution is 1.08. The van der Waals surface area contributed by atoms with E-state index in [0.717, 1.165) is 39.3 Å². The van der Waals surface area contributed by atoms with E-state index < -0.39 is 0 Å². The standard InChI is InChI=1S/C40H28N4/c1-4-12-29(13-5-1)31-20-22-34(23-21-31)43(40-41-27-32(28-42-40)30-14-6-2-7-15-30)35-24-25-39-37(26-35)36-18-10-11-19-38(36)44(39)33-16-8-3-9-17-33/h1-28H. The van der Waals surface area contributed by atoms with Crippen LogP contribution in [0.3, 0.4) is 0 Å². The first kappa shape index (κ1) is 25.7. The number of benzene rings is 6. The van der Waals surface area contributed by atoms with E-state index in [1.54, 1.807) is 0 Å². The third kappa shape index (κ3) is 4.59. The summed E-state index contributed by atoms with van der Waals surface area (Å²) in [6.45, 7) is 0. The molecule has 44 heavy (non-hydrogen) atoms. The lowest BCUT2D eigenvalue weighted by Crippen LogP contribution is -2.13. The van der Waals surface area contributed by atoms with Gasteiger partial charge in [-0.3, -0.25) is 4.90 Å². The summed E-state index contributed by atoms with van der Waals surface area (Å²) >= 11 is 0. The first-order chi connectivity index (χ1) is 21.8. The van der Waals surface area contributed by atoms with Crippen LogP contribution < -0.4 is 4.90 Å². The van der Waals surface area contributed by atoms with Crippen molar-refractivity contribution in [2.45, 2.75) is 0 Å². The summed E-state index contributed by atoms with van der Waals surface area (Å²) < 4.78 is 2.33. The zero-order chi connectivity index (χ0) is 29.3. The number of para-hydroxylation sites is 2. The fraction of sp³-hybridized carbons (Fsp3) is 0. The second-order valence-electron chi connectivity index (χ2n) is 10.8. The molecule has 6 aromatic carbocycles. The first-order valence-corrected chi connectivity index (χ1v) is 14.8. The van der Waals surface area contributed by atoms with Crippen molar-refractivity contribution in [1.82, 2.24) is 14.5 Å². The zero-order valence-corrected chi connectivity index (χ0v) is 24.0. The number of hydrogen-bond donors (Lipinski definition) is 0. The maximum Gasteiger partial charge on any atom is 0.234 e. The maximum atomic E-state index is 4.89. The van der Waals surface area contributed by atoms with Gasteiger partial charge in [0.15, 0.2) is 0 Å². The predicted molar refractivity (Wildman–Crippen MR) is 182 cm³/mol. The van der Waals surface area contributed by atoms with Gasteiger partial charge in [-0.15, -0.1) is 0 Å². The van der Waals surface area contributed by atoms with E-state index in [4.69, 9.17) is 9.97 Å². The van der Waals surface area contributed by atoms with E-state index in [0.29, 0.717) is 5.95 Å². The molecule has 8 rings (SSSR count). The SMILES string of the molecule is c1ccc(-c2ccc(N(c3ccc4c(c3)c3ccccc3n4-c3ccccc3)c3ncc(-c4ccccc4)cn3)cc2)cc1. The molecule has 8 aromatic rings. The van der Waals surface area contributed by atoms with Crippen molar-refractivity contribution in [3.05, 3.63) is 170 Å². The third-order valence-electron chi connectivity index (χ3n) is 8.11. The molecule has 0 fully saturated rings. The molecule has 0 bridgehead atoms. The highest BCUT2D eigenvalue weighted by Gasteiger charge is 2.19. The Balaban J connectivity index is 1.29. The average molecular weight is 565 g/mol. The van der Waals surface area contributed by atoms with Gasteiger partial charge >= 0.3 is 0 Å². The van der Waals surface area contributed by atoms with Crippen LogP contribution in [-0.2, 0) is 0 Å². The van der Waals surface area contributed by atoms with E-state index in [-0.39, 0.29) is 0 Å². The highest BCUT2D eigenvalue weighted by molar-refractivity contribution is 6.10. The van der Waals surface area contributed by atoms with Gasteiger partial charge < -0.3 is 4.57 Å². The molecule has 0 saturated heterocycles. The van der Waals surface area contributed by atoms with Crippen molar-refractivity contribution >= 4 is 39.1 Å². The average Bonchev–Trinajstić information content (AvgIpc) is 3.44. The number of rotatable bonds is 6. The molecule has 2 aromatic heterocycles. The van der Waals surface area contributed by atoms with Crippen LogP contribution >= 0.6 is 0 Å². The van der Waals surface area contributed by atoms with E-state index in [1.807, 2.05) is 36.7 Å². The predicted octanol–water partition coefficient (Wildman–Crippen LogP) is 10.4. The fourth-order valence-electron chi connectivity index (χ4n) is 5.99. The molecule has 4 nitrogen and oxygen atoms in total. The maximum absolute atomic E-state index is 4.89. The molecule has 0 aliphatic heterocycles. The van der Waals surface area contributed by atoms with Crippen molar-refractivity contribution in [2.24, 2.45) is 0 Å². The minimum Gasteiger partial charge on any atom is -0.309 e. The molecule has 0 unspecified atom stereocenters. The Morgan fingerprint density at radius 3 is 1.61 bits per heavy atom. The summed E-state index contributed by atoms with van der Waals surface area (Å²) in [5.41, 5.74) is 9.87. The van der Waals surface area contributed by atoms with Crippen LogP contribution in [0, 0.1) is 0 Å². The van der Waals surface area contributed by atoms with Crippen LogP contribution in [0.25, 0.3) is 49.7 Å². The molecule has 208 valence electrons. The number of aromatic nitrogens is 3. The van der Waals surface area contributed by atoms with Gasteiger partial charge in [0, 0.05) is 45.8 Å². The van der Waals surface area contributed by atoms with Crippen molar-refractivity contribution < 1.29 is 0 Å². The molecule has 0 saturated carbocycles. The van der Waals surface area contributed by atoms with Crippen molar-refractivity contribution in [3.63, 3.8) is 0 Å². The number of fused-ring (bicyclic) bond motifs is 3. The first-order valence-electron chi connectivity index (χ1n) is 14.8. The van der Waals surface area contributed by atoms with Gasteiger partial charge in [-0.25, -0.2) is 9.97 Å². The molecule has 0 N–H and O–H groups in total. The highest BCUT2D eigenvalue weighted by atomic mass is 15.3. The molecule has 0 spiro atoms. The van der Waals surface area contributed by atoms with Gasteiger partial charge in [-0.05, 0) is 65.2 Å². The van der Waals surface area contributed by atoms with Gasteiger partial charge in [-0.1, -0.05) is 109 Å². The second kappa shape index (κ2) is 11.0. The summed E-state index contributed by atoms with van der Waals surface area (Å²) in [4.78, 5) is 11.9. The number of hydrogen-bond acceptors (Lipinski definition) is 3. The van der Waals surface area contributed by atoms with Crippen LogP contribution in [0.15, 0.2) is 170 Å². The Hall–Kier alpha value is -6.00. The normalized spacial score (nSPS) is 11.2. The lowest BCUT2D eigenvalue weighted by Gasteiger charge is -2.24. The minimum atomic E-state index is 0.614. The summed E-state index contributed by atoms with van der Waals surface area (Å²) in [5.74, 6) is 0.614. The van der Waals surface area contributed by atoms with Gasteiger partial charge in [0.2, 0.25) is 5.95 Å². The quantitative estimate of drug-likeness (QED) is 0.201. The second-order valence-corrected chi connectivity index (χ2v) is 10.8. The Labute approximate surface area is 256 Å². The van der Waals surface area contributed by atoms with Gasteiger partial charge in [0.25, 0.3) is 0 Å². The molecular formula is C40H28N4. The monoisotopic (exact) mass is 564 g/mol. The molecule has 2 heterocycles. The number of anilines is 3. The van der Waals surface area contributed by atoms with Crippen LogP contribution in [-0.4, -0.2) is 14.5 Å². The Morgan fingerprint density at radius 1 is 0.409 bits per heavy atom. The summed E-state index contributed by atoms with van der Waals surface area (Å²) in [5, 5.41) is 2.38. The van der Waals surface area contributed by atoms with Gasteiger partial charge in [0.1, 0.15) is 0 Å². The molecular weight excluding hydrogens is 536 g/mol. The molecule has 0 atom stereocenters. The van der Waals surface area contributed by atoms with E-state index in [2.05, 4.69) is 143 Å². The Morgan fingerprint density at radius 2 is 0.932 bits per heavy atom. The van der Waals surface area contributed by atoms with Crippen LogP contribution in [0.1, 0.15) is 0 Å². The van der Waals surface area contributed by atoms with Crippen LogP contribution in [0.4, 0.5) is 17.3 Å². The largest absolute Gasteiger partial charge is 0.309 e. The highest BCUT2D eigenvalue weighted by Crippen LogP contribution is 2.39. The van der Waals surface area contributed by atoms with Gasteiger partial charge in [-0.2, -0.15) is 0 Å². The molecule has 0 aliphatic carbocycles. The van der Waals surface area contributed by atoms with Crippen molar-refractivity contribution in [3.8, 4) is 27.9 Å². The van der Waals surface area contributed by atoms with E-state index in [1.165, 1.54) is 21.9 Å². The summed E-state index contributed by atoms with van der Waals surface area (Å²) in [7, 11) is 0. The van der Waals surface area contributed by atoms with Crippen molar-refractivity contribution in [2.75, 3.05) is 4.90 Å². The van der Waals surface area contributed by atoms with Crippen molar-refractivity contribution in [1.29, 1.82) is 0 Å². The topological polar surface area (TPSA) is 34.0 Å². The number of nitrogens with zero attached hydrogens (tertiary/aromatic N) is 4. The van der Waals surface area contributed by atoms with E-state index in [9.17, 15) is 0 Å². The molecule has 0 aliphatic rings. The Bertz CT molecular complexity index is 2100. The summed E-state index contributed by atoms with van der Waals surface area (Å²) in [6.07, 6.45) is 3.81. The van der Waals surface area contributed by atoms with Gasteiger partial charge in [0.05, 0.1) is 11.0 Å². The lowest BCUT2D eigenvalue weighted by atomic mass is 10.1. The minimum absolute atomic E-state index is 0.614. The summed E-state index contributed by atoms with van der Waals surface area (Å²) in [6, 6.07) is 55.1.